The smallest absolute Gasteiger partial charge is 0.321 e. The van der Waals surface area contributed by atoms with Gasteiger partial charge in [-0.05, 0) is 47.7 Å². The van der Waals surface area contributed by atoms with Crippen molar-refractivity contribution in [1.29, 1.82) is 0 Å². The van der Waals surface area contributed by atoms with Gasteiger partial charge in [0.1, 0.15) is 0 Å². The third-order valence-corrected chi connectivity index (χ3v) is 5.67. The Labute approximate surface area is 183 Å². The first kappa shape index (κ1) is 20.8. The van der Waals surface area contributed by atoms with Crippen LogP contribution in [-0.2, 0) is 7.05 Å². The third kappa shape index (κ3) is 4.85. The number of carbonyl (C=O) groups is 2. The molecule has 1 aliphatic heterocycles. The topological polar surface area (TPSA) is 123 Å². The van der Waals surface area contributed by atoms with Crippen molar-refractivity contribution in [2.45, 2.75) is 24.0 Å². The summed E-state index contributed by atoms with van der Waals surface area (Å²) in [5, 5.41) is 22.3. The van der Waals surface area contributed by atoms with Gasteiger partial charge in [-0.3, -0.25) is 9.48 Å². The maximum atomic E-state index is 12.7. The standard InChI is InChI=1S/C19H23N9O2S/c1-26-12-13(11-20-26)17(29)21-14-6-8-27(9-7-14)18(30)22-15-4-3-5-16(10-15)28-19(31-2)23-24-25-28/h3-5,10-12,14H,6-9H2,1-2H3,(H,21,29)(H,22,30). The predicted octanol–water partition coefficient (Wildman–Crippen LogP) is 1.54. The van der Waals surface area contributed by atoms with E-state index >= 15 is 0 Å². The van der Waals surface area contributed by atoms with E-state index in [-0.39, 0.29) is 18.0 Å². The number of thioether (sulfide) groups is 1. The fourth-order valence-corrected chi connectivity index (χ4v) is 3.85. The zero-order valence-corrected chi connectivity index (χ0v) is 18.0. The number of rotatable bonds is 5. The molecule has 1 aliphatic rings. The number of urea groups is 1. The van der Waals surface area contributed by atoms with Crippen molar-refractivity contribution >= 4 is 29.4 Å². The van der Waals surface area contributed by atoms with Crippen LogP contribution < -0.4 is 10.6 Å². The molecule has 1 fully saturated rings. The molecular weight excluding hydrogens is 418 g/mol. The maximum absolute atomic E-state index is 12.7. The molecule has 0 radical (unpaired) electrons. The summed E-state index contributed by atoms with van der Waals surface area (Å²) in [6, 6.07) is 7.24. The summed E-state index contributed by atoms with van der Waals surface area (Å²) >= 11 is 1.44. The van der Waals surface area contributed by atoms with Crippen LogP contribution in [-0.4, -0.2) is 72.2 Å². The third-order valence-electron chi connectivity index (χ3n) is 5.05. The Bertz CT molecular complexity index is 1070. The van der Waals surface area contributed by atoms with E-state index in [4.69, 9.17) is 0 Å². The van der Waals surface area contributed by atoms with E-state index in [0.29, 0.717) is 42.3 Å². The van der Waals surface area contributed by atoms with Crippen LogP contribution in [0.15, 0.2) is 41.8 Å². The summed E-state index contributed by atoms with van der Waals surface area (Å²) in [6.07, 6.45) is 6.52. The molecule has 1 saturated heterocycles. The molecular formula is C19H23N9O2S. The second-order valence-electron chi connectivity index (χ2n) is 7.20. The number of aromatic nitrogens is 6. The molecule has 0 spiro atoms. The SMILES string of the molecule is CSc1nnnn1-c1cccc(NC(=O)N2CCC(NC(=O)c3cnn(C)c3)CC2)c1. The normalized spacial score (nSPS) is 14.5. The molecule has 2 aromatic heterocycles. The number of anilines is 1. The van der Waals surface area contributed by atoms with Gasteiger partial charge in [0.2, 0.25) is 5.16 Å². The van der Waals surface area contributed by atoms with Gasteiger partial charge in [0.05, 0.1) is 17.4 Å². The molecule has 0 atom stereocenters. The first-order valence-corrected chi connectivity index (χ1v) is 11.0. The minimum Gasteiger partial charge on any atom is -0.349 e. The van der Waals surface area contributed by atoms with Crippen molar-refractivity contribution in [2.75, 3.05) is 24.7 Å². The fraction of sp³-hybridized carbons (Fsp3) is 0.368. The van der Waals surface area contributed by atoms with Crippen molar-refractivity contribution in [2.24, 2.45) is 7.05 Å². The Kier molecular flexibility index (Phi) is 6.16. The molecule has 0 bridgehead atoms. The molecule has 12 heteroatoms. The van der Waals surface area contributed by atoms with Crippen LogP contribution in [0, 0.1) is 0 Å². The highest BCUT2D eigenvalue weighted by Gasteiger charge is 2.24. The number of piperidine rings is 1. The van der Waals surface area contributed by atoms with Crippen LogP contribution in [0.2, 0.25) is 0 Å². The van der Waals surface area contributed by atoms with Gasteiger partial charge in [-0.2, -0.15) is 9.78 Å². The number of likely N-dealkylation sites (tertiary alicyclic amines) is 1. The number of hydrogen-bond acceptors (Lipinski definition) is 7. The molecule has 3 heterocycles. The van der Waals surface area contributed by atoms with Gasteiger partial charge in [0, 0.05) is 38.1 Å². The lowest BCUT2D eigenvalue weighted by Gasteiger charge is -2.32. The van der Waals surface area contributed by atoms with Gasteiger partial charge >= 0.3 is 6.03 Å². The Hall–Kier alpha value is -3.41. The van der Waals surface area contributed by atoms with Crippen molar-refractivity contribution in [1.82, 2.24) is 40.2 Å². The number of tetrazole rings is 1. The Balaban J connectivity index is 1.31. The Morgan fingerprint density at radius 2 is 2.03 bits per heavy atom. The lowest BCUT2D eigenvalue weighted by molar-refractivity contribution is 0.0919. The van der Waals surface area contributed by atoms with E-state index in [1.54, 1.807) is 33.7 Å². The predicted molar refractivity (Wildman–Crippen MR) is 115 cm³/mol. The van der Waals surface area contributed by atoms with Crippen LogP contribution >= 0.6 is 11.8 Å². The second kappa shape index (κ2) is 9.16. The van der Waals surface area contributed by atoms with Crippen molar-refractivity contribution in [3.63, 3.8) is 0 Å². The Morgan fingerprint density at radius 3 is 2.74 bits per heavy atom. The number of aryl methyl sites for hydroxylation is 1. The van der Waals surface area contributed by atoms with Crippen LogP contribution in [0.1, 0.15) is 23.2 Å². The van der Waals surface area contributed by atoms with Crippen molar-refractivity contribution < 1.29 is 9.59 Å². The number of nitrogens with zero attached hydrogens (tertiary/aromatic N) is 7. The van der Waals surface area contributed by atoms with Crippen LogP contribution in [0.4, 0.5) is 10.5 Å². The minimum absolute atomic E-state index is 0.0323. The van der Waals surface area contributed by atoms with Gasteiger partial charge in [-0.1, -0.05) is 17.8 Å². The summed E-state index contributed by atoms with van der Waals surface area (Å²) in [7, 11) is 1.77. The number of hydrogen-bond donors (Lipinski definition) is 2. The maximum Gasteiger partial charge on any atom is 0.321 e. The van der Waals surface area contributed by atoms with Gasteiger partial charge in [0.15, 0.2) is 0 Å². The monoisotopic (exact) mass is 441 g/mol. The number of carbonyl (C=O) groups excluding carboxylic acids is 2. The molecule has 3 amide bonds. The lowest BCUT2D eigenvalue weighted by Crippen LogP contribution is -2.47. The molecule has 11 nitrogen and oxygen atoms in total. The summed E-state index contributed by atoms with van der Waals surface area (Å²) in [5.74, 6) is -0.139. The van der Waals surface area contributed by atoms with Gasteiger partial charge in [0.25, 0.3) is 5.91 Å². The molecule has 0 aliphatic carbocycles. The van der Waals surface area contributed by atoms with Crippen LogP contribution in [0.25, 0.3) is 5.69 Å². The molecule has 2 N–H and O–H groups in total. The van der Waals surface area contributed by atoms with E-state index in [0.717, 1.165) is 5.69 Å². The molecule has 0 unspecified atom stereocenters. The van der Waals surface area contributed by atoms with E-state index in [2.05, 4.69) is 31.3 Å². The quantitative estimate of drug-likeness (QED) is 0.576. The first-order chi connectivity index (χ1) is 15.0. The van der Waals surface area contributed by atoms with Crippen LogP contribution in [0.5, 0.6) is 0 Å². The van der Waals surface area contributed by atoms with Crippen molar-refractivity contribution in [3.05, 3.63) is 42.2 Å². The van der Waals surface area contributed by atoms with Crippen molar-refractivity contribution in [3.8, 4) is 5.69 Å². The number of amides is 3. The second-order valence-corrected chi connectivity index (χ2v) is 7.97. The first-order valence-electron chi connectivity index (χ1n) is 9.82. The summed E-state index contributed by atoms with van der Waals surface area (Å²) in [5.41, 5.74) is 1.97. The highest BCUT2D eigenvalue weighted by Crippen LogP contribution is 2.20. The Morgan fingerprint density at radius 1 is 1.23 bits per heavy atom. The summed E-state index contributed by atoms with van der Waals surface area (Å²) in [6.45, 7) is 1.13. The van der Waals surface area contributed by atoms with E-state index in [9.17, 15) is 9.59 Å². The van der Waals surface area contributed by atoms with E-state index in [1.807, 2.05) is 30.5 Å². The minimum atomic E-state index is -0.170. The highest BCUT2D eigenvalue weighted by atomic mass is 32.2. The molecule has 162 valence electrons. The average Bonchev–Trinajstić information content (AvgIpc) is 3.43. The molecule has 0 saturated carbocycles. The van der Waals surface area contributed by atoms with E-state index < -0.39 is 0 Å². The van der Waals surface area contributed by atoms with Gasteiger partial charge in [-0.25, -0.2) is 4.79 Å². The summed E-state index contributed by atoms with van der Waals surface area (Å²) < 4.78 is 3.22. The van der Waals surface area contributed by atoms with E-state index in [1.165, 1.54) is 11.8 Å². The zero-order valence-electron chi connectivity index (χ0n) is 17.2. The zero-order chi connectivity index (χ0) is 21.8. The van der Waals surface area contributed by atoms with Gasteiger partial charge < -0.3 is 15.5 Å². The largest absolute Gasteiger partial charge is 0.349 e. The molecule has 31 heavy (non-hydrogen) atoms. The average molecular weight is 442 g/mol. The molecule has 4 rings (SSSR count). The fourth-order valence-electron chi connectivity index (χ4n) is 3.42. The number of nitrogens with one attached hydrogen (secondary N) is 2. The van der Waals surface area contributed by atoms with Crippen LogP contribution in [0.3, 0.4) is 0 Å². The molecule has 1 aromatic carbocycles. The highest BCUT2D eigenvalue weighted by molar-refractivity contribution is 7.98. The van der Waals surface area contributed by atoms with Gasteiger partial charge in [-0.15, -0.1) is 5.10 Å². The molecule has 3 aromatic rings. The summed E-state index contributed by atoms with van der Waals surface area (Å²) in [4.78, 5) is 26.7. The lowest BCUT2D eigenvalue weighted by atomic mass is 10.0. The number of benzene rings is 1.